The number of hydrogen-bond acceptors (Lipinski definition) is 2. The van der Waals surface area contributed by atoms with Gasteiger partial charge in [-0.15, -0.1) is 0 Å². The molecule has 0 aromatic heterocycles. The number of rotatable bonds is 1. The van der Waals surface area contributed by atoms with E-state index in [0.717, 1.165) is 32.4 Å². The monoisotopic (exact) mass is 221 g/mol. The predicted octanol–water partition coefficient (Wildman–Crippen LogP) is 1.20. The molecule has 16 heavy (non-hydrogen) atoms. The van der Waals surface area contributed by atoms with Crippen molar-refractivity contribution in [2.45, 2.75) is 44.2 Å². The molecule has 1 saturated carbocycles. The molecule has 3 rings (SSSR count). The van der Waals surface area contributed by atoms with Crippen molar-refractivity contribution in [1.29, 1.82) is 0 Å². The number of nitrogens with zero attached hydrogens (tertiary/aromatic N) is 1. The molecule has 2 unspecified atom stereocenters. The molecule has 2 atom stereocenters. The number of amides is 2. The van der Waals surface area contributed by atoms with Crippen LogP contribution in [-0.4, -0.2) is 36.1 Å². The predicted molar refractivity (Wildman–Crippen MR) is 62.0 cm³/mol. The van der Waals surface area contributed by atoms with Gasteiger partial charge in [-0.3, -0.25) is 4.90 Å². The van der Waals surface area contributed by atoms with Crippen LogP contribution in [0.5, 0.6) is 0 Å². The van der Waals surface area contributed by atoms with E-state index in [1.54, 1.807) is 0 Å². The summed E-state index contributed by atoms with van der Waals surface area (Å²) < 4.78 is 0. The number of hydrogen-bond donors (Lipinski definition) is 2. The Bertz CT molecular complexity index is 326. The van der Waals surface area contributed by atoms with Gasteiger partial charge in [0.1, 0.15) is 0 Å². The fraction of sp³-hybridized carbons (Fsp3) is 0.750. The fourth-order valence-corrected chi connectivity index (χ4v) is 3.14. The molecule has 1 aliphatic carbocycles. The second-order valence-electron chi connectivity index (χ2n) is 4.93. The fourth-order valence-electron chi connectivity index (χ4n) is 3.14. The van der Waals surface area contributed by atoms with Crippen molar-refractivity contribution in [2.24, 2.45) is 0 Å². The highest BCUT2D eigenvalue weighted by molar-refractivity contribution is 5.79. The third-order valence-electron chi connectivity index (χ3n) is 3.94. The average Bonchev–Trinajstić information content (AvgIpc) is 2.66. The minimum atomic E-state index is 0.130. The van der Waals surface area contributed by atoms with Gasteiger partial charge < -0.3 is 10.6 Å². The van der Waals surface area contributed by atoms with Gasteiger partial charge in [0.15, 0.2) is 0 Å². The highest BCUT2D eigenvalue weighted by atomic mass is 16.2. The van der Waals surface area contributed by atoms with Crippen molar-refractivity contribution in [3.63, 3.8) is 0 Å². The maximum Gasteiger partial charge on any atom is 0.322 e. The standard InChI is InChI=1S/C12H19N3O/c16-12-14-10-3-1-2-4-11(10)15(12)9-5-7-13-8-6-9/h5,10-11,13H,1-4,6-8H2,(H,14,16). The molecule has 2 aliphatic heterocycles. The van der Waals surface area contributed by atoms with Crippen molar-refractivity contribution in [3.8, 4) is 0 Å². The lowest BCUT2D eigenvalue weighted by atomic mass is 9.90. The Morgan fingerprint density at radius 3 is 3.00 bits per heavy atom. The summed E-state index contributed by atoms with van der Waals surface area (Å²) in [6.45, 7) is 1.89. The van der Waals surface area contributed by atoms with Gasteiger partial charge in [0.05, 0.1) is 12.1 Å². The SMILES string of the molecule is O=C1NC2CCCCC2N1C1=CCNCC1. The molecular weight excluding hydrogens is 202 g/mol. The second-order valence-corrected chi connectivity index (χ2v) is 4.93. The van der Waals surface area contributed by atoms with E-state index in [2.05, 4.69) is 16.7 Å². The Morgan fingerprint density at radius 1 is 1.31 bits per heavy atom. The van der Waals surface area contributed by atoms with Gasteiger partial charge in [0, 0.05) is 25.2 Å². The Hall–Kier alpha value is -1.03. The largest absolute Gasteiger partial charge is 0.333 e. The molecule has 4 heteroatoms. The van der Waals surface area contributed by atoms with E-state index in [-0.39, 0.29) is 6.03 Å². The molecule has 2 heterocycles. The first-order valence-electron chi connectivity index (χ1n) is 6.36. The van der Waals surface area contributed by atoms with E-state index >= 15 is 0 Å². The van der Waals surface area contributed by atoms with Crippen LogP contribution in [0.3, 0.4) is 0 Å². The zero-order valence-corrected chi connectivity index (χ0v) is 9.54. The quantitative estimate of drug-likeness (QED) is 0.699. The van der Waals surface area contributed by atoms with E-state index in [1.165, 1.54) is 18.5 Å². The first-order valence-corrected chi connectivity index (χ1v) is 6.36. The van der Waals surface area contributed by atoms with Gasteiger partial charge in [-0.1, -0.05) is 18.9 Å². The molecule has 2 amide bonds. The molecule has 0 aromatic carbocycles. The number of urea groups is 1. The van der Waals surface area contributed by atoms with Crippen LogP contribution in [0, 0.1) is 0 Å². The third-order valence-corrected chi connectivity index (χ3v) is 3.94. The van der Waals surface area contributed by atoms with Crippen LogP contribution >= 0.6 is 0 Å². The Kier molecular flexibility index (Phi) is 2.59. The maximum atomic E-state index is 12.0. The number of fused-ring (bicyclic) bond motifs is 1. The van der Waals surface area contributed by atoms with Crippen molar-refractivity contribution in [2.75, 3.05) is 13.1 Å². The summed E-state index contributed by atoms with van der Waals surface area (Å²) in [5, 5.41) is 6.42. The van der Waals surface area contributed by atoms with Gasteiger partial charge >= 0.3 is 6.03 Å². The molecule has 4 nitrogen and oxygen atoms in total. The van der Waals surface area contributed by atoms with Crippen molar-refractivity contribution in [3.05, 3.63) is 11.8 Å². The summed E-state index contributed by atoms with van der Waals surface area (Å²) >= 11 is 0. The summed E-state index contributed by atoms with van der Waals surface area (Å²) in [4.78, 5) is 14.0. The molecule has 0 aromatic rings. The Morgan fingerprint density at radius 2 is 2.19 bits per heavy atom. The van der Waals surface area contributed by atoms with Crippen LogP contribution in [-0.2, 0) is 0 Å². The van der Waals surface area contributed by atoms with Crippen LogP contribution in [0.25, 0.3) is 0 Å². The zero-order chi connectivity index (χ0) is 11.0. The zero-order valence-electron chi connectivity index (χ0n) is 9.54. The average molecular weight is 221 g/mol. The lowest BCUT2D eigenvalue weighted by Crippen LogP contribution is -2.40. The number of carbonyl (C=O) groups is 1. The molecule has 2 fully saturated rings. The number of nitrogens with one attached hydrogen (secondary N) is 2. The summed E-state index contributed by atoms with van der Waals surface area (Å²) in [6, 6.07) is 0.952. The molecule has 2 N–H and O–H groups in total. The maximum absolute atomic E-state index is 12.0. The molecule has 1 saturated heterocycles. The van der Waals surface area contributed by atoms with Crippen LogP contribution in [0.1, 0.15) is 32.1 Å². The van der Waals surface area contributed by atoms with Crippen LogP contribution < -0.4 is 10.6 Å². The van der Waals surface area contributed by atoms with Crippen molar-refractivity contribution >= 4 is 6.03 Å². The van der Waals surface area contributed by atoms with Gasteiger partial charge in [-0.05, 0) is 12.8 Å². The molecule has 0 spiro atoms. The van der Waals surface area contributed by atoms with E-state index in [0.29, 0.717) is 12.1 Å². The summed E-state index contributed by atoms with van der Waals surface area (Å²) in [5.74, 6) is 0. The van der Waals surface area contributed by atoms with Crippen molar-refractivity contribution in [1.82, 2.24) is 15.5 Å². The van der Waals surface area contributed by atoms with Gasteiger partial charge in [-0.25, -0.2) is 4.79 Å². The first-order chi connectivity index (χ1) is 7.86. The highest BCUT2D eigenvalue weighted by Crippen LogP contribution is 2.31. The van der Waals surface area contributed by atoms with Crippen LogP contribution in [0.4, 0.5) is 4.79 Å². The molecule has 88 valence electrons. The minimum Gasteiger partial charge on any atom is -0.333 e. The Balaban J connectivity index is 1.82. The Labute approximate surface area is 96.1 Å². The lowest BCUT2D eigenvalue weighted by molar-refractivity contribution is 0.208. The molecule has 0 radical (unpaired) electrons. The summed E-state index contributed by atoms with van der Waals surface area (Å²) in [5.41, 5.74) is 1.23. The van der Waals surface area contributed by atoms with Crippen LogP contribution in [0.15, 0.2) is 11.8 Å². The van der Waals surface area contributed by atoms with E-state index < -0.39 is 0 Å². The topological polar surface area (TPSA) is 44.4 Å². The second kappa shape index (κ2) is 4.09. The number of carbonyl (C=O) groups excluding carboxylic acids is 1. The van der Waals surface area contributed by atoms with E-state index in [9.17, 15) is 4.79 Å². The smallest absolute Gasteiger partial charge is 0.322 e. The highest BCUT2D eigenvalue weighted by Gasteiger charge is 2.41. The van der Waals surface area contributed by atoms with Gasteiger partial charge in [0.2, 0.25) is 0 Å². The molecule has 3 aliphatic rings. The van der Waals surface area contributed by atoms with Crippen LogP contribution in [0.2, 0.25) is 0 Å². The summed E-state index contributed by atoms with van der Waals surface area (Å²) in [6.07, 6.45) is 7.98. The van der Waals surface area contributed by atoms with E-state index in [4.69, 9.17) is 0 Å². The lowest BCUT2D eigenvalue weighted by Gasteiger charge is -2.32. The third kappa shape index (κ3) is 1.61. The molecular formula is C12H19N3O. The van der Waals surface area contributed by atoms with Gasteiger partial charge in [-0.2, -0.15) is 0 Å². The van der Waals surface area contributed by atoms with Gasteiger partial charge in [0.25, 0.3) is 0 Å². The van der Waals surface area contributed by atoms with E-state index in [1.807, 2.05) is 4.90 Å². The summed E-state index contributed by atoms with van der Waals surface area (Å²) in [7, 11) is 0. The van der Waals surface area contributed by atoms with Crippen molar-refractivity contribution < 1.29 is 4.79 Å². The first kappa shape index (κ1) is 10.1. The normalized spacial score (nSPS) is 34.4. The minimum absolute atomic E-state index is 0.130. The molecule has 0 bridgehead atoms.